The summed E-state index contributed by atoms with van der Waals surface area (Å²) in [6, 6.07) is 15.4. The smallest absolute Gasteiger partial charge is 0.136 e. The van der Waals surface area contributed by atoms with Crippen molar-refractivity contribution in [1.82, 2.24) is 0 Å². The van der Waals surface area contributed by atoms with Crippen LogP contribution in [0.3, 0.4) is 0 Å². The summed E-state index contributed by atoms with van der Waals surface area (Å²) in [7, 11) is 0. The summed E-state index contributed by atoms with van der Waals surface area (Å²) in [5.41, 5.74) is 1.93. The van der Waals surface area contributed by atoms with Gasteiger partial charge in [-0.05, 0) is 49.7 Å². The van der Waals surface area contributed by atoms with Crippen LogP contribution in [-0.4, -0.2) is 5.11 Å². The van der Waals surface area contributed by atoms with E-state index in [9.17, 15) is 5.11 Å². The summed E-state index contributed by atoms with van der Waals surface area (Å²) in [6.07, 6.45) is 0.475. The topological polar surface area (TPSA) is 33.4 Å². The minimum atomic E-state index is -1.05. The van der Waals surface area contributed by atoms with E-state index < -0.39 is 5.60 Å². The van der Waals surface area contributed by atoms with E-state index in [2.05, 4.69) is 6.07 Å². The lowest BCUT2D eigenvalue weighted by molar-refractivity contribution is 0.0360. The second kappa shape index (κ2) is 5.21. The highest BCUT2D eigenvalue weighted by Crippen LogP contribution is 2.31. The van der Waals surface area contributed by atoms with Crippen LogP contribution >= 0.6 is 11.6 Å². The number of rotatable bonds is 3. The molecule has 1 atom stereocenters. The largest absolute Gasteiger partial charge is 0.458 e. The summed E-state index contributed by atoms with van der Waals surface area (Å²) in [4.78, 5) is 0. The van der Waals surface area contributed by atoms with Crippen molar-refractivity contribution in [2.75, 3.05) is 0 Å². The van der Waals surface area contributed by atoms with E-state index in [1.807, 2.05) is 49.4 Å². The Bertz CT molecular complexity index is 770. The van der Waals surface area contributed by atoms with E-state index in [0.717, 1.165) is 16.5 Å². The van der Waals surface area contributed by atoms with Gasteiger partial charge >= 0.3 is 0 Å². The molecule has 0 aliphatic rings. The fourth-order valence-corrected chi connectivity index (χ4v) is 2.64. The highest BCUT2D eigenvalue weighted by atomic mass is 35.5. The minimum absolute atomic E-state index is 0.475. The van der Waals surface area contributed by atoms with Gasteiger partial charge in [0.1, 0.15) is 16.9 Å². The lowest BCUT2D eigenvalue weighted by Gasteiger charge is -2.20. The van der Waals surface area contributed by atoms with Gasteiger partial charge in [-0.3, -0.25) is 0 Å². The van der Waals surface area contributed by atoms with Crippen LogP contribution in [0.4, 0.5) is 0 Å². The standard InChI is InChI=1S/C18H17ClO2/c1-12-3-8-16-14(9-12)10-17(21-16)18(2,20)11-13-4-6-15(19)7-5-13/h3-10,20H,11H2,1-2H3. The third-order valence-corrected chi connectivity index (χ3v) is 3.92. The molecule has 0 spiro atoms. The van der Waals surface area contributed by atoms with Crippen LogP contribution in [0, 0.1) is 6.92 Å². The van der Waals surface area contributed by atoms with E-state index >= 15 is 0 Å². The lowest BCUT2D eigenvalue weighted by Crippen LogP contribution is -2.23. The number of hydrogen-bond acceptors (Lipinski definition) is 2. The molecule has 3 aromatic rings. The maximum Gasteiger partial charge on any atom is 0.136 e. The molecule has 1 unspecified atom stereocenters. The Labute approximate surface area is 129 Å². The molecule has 108 valence electrons. The Morgan fingerprint density at radius 1 is 1.10 bits per heavy atom. The molecule has 3 heteroatoms. The highest BCUT2D eigenvalue weighted by molar-refractivity contribution is 6.30. The lowest BCUT2D eigenvalue weighted by atomic mass is 9.94. The summed E-state index contributed by atoms with van der Waals surface area (Å²) >= 11 is 5.89. The predicted molar refractivity (Wildman–Crippen MR) is 85.7 cm³/mol. The molecule has 0 fully saturated rings. The Morgan fingerprint density at radius 3 is 2.52 bits per heavy atom. The van der Waals surface area contributed by atoms with Crippen molar-refractivity contribution in [1.29, 1.82) is 0 Å². The van der Waals surface area contributed by atoms with Gasteiger partial charge in [0, 0.05) is 16.8 Å². The fraction of sp³-hybridized carbons (Fsp3) is 0.222. The molecule has 0 radical (unpaired) electrons. The Balaban J connectivity index is 1.93. The molecule has 0 aliphatic carbocycles. The Morgan fingerprint density at radius 2 is 1.81 bits per heavy atom. The number of furan rings is 1. The van der Waals surface area contributed by atoms with Gasteiger partial charge in [0.15, 0.2) is 0 Å². The molecule has 0 amide bonds. The van der Waals surface area contributed by atoms with Crippen LogP contribution in [0.25, 0.3) is 11.0 Å². The first-order chi connectivity index (χ1) is 9.94. The number of hydrogen-bond donors (Lipinski definition) is 1. The van der Waals surface area contributed by atoms with E-state index in [0.29, 0.717) is 17.2 Å². The quantitative estimate of drug-likeness (QED) is 0.750. The van der Waals surface area contributed by atoms with Crippen LogP contribution < -0.4 is 0 Å². The van der Waals surface area contributed by atoms with Crippen molar-refractivity contribution >= 4 is 22.6 Å². The van der Waals surface area contributed by atoms with Crippen molar-refractivity contribution in [3.05, 3.63) is 70.4 Å². The van der Waals surface area contributed by atoms with Crippen LogP contribution in [0.5, 0.6) is 0 Å². The van der Waals surface area contributed by atoms with Crippen LogP contribution in [0.2, 0.25) is 5.02 Å². The number of halogens is 1. The van der Waals surface area contributed by atoms with Crippen LogP contribution in [0.15, 0.2) is 52.9 Å². The molecule has 0 saturated carbocycles. The van der Waals surface area contributed by atoms with Gasteiger partial charge in [-0.15, -0.1) is 0 Å². The van der Waals surface area contributed by atoms with E-state index in [1.54, 1.807) is 6.92 Å². The second-order valence-corrected chi connectivity index (χ2v) is 6.17. The number of aliphatic hydroxyl groups is 1. The van der Waals surface area contributed by atoms with Gasteiger partial charge in [0.25, 0.3) is 0 Å². The first-order valence-corrected chi connectivity index (χ1v) is 7.29. The summed E-state index contributed by atoms with van der Waals surface area (Å²) in [6.45, 7) is 3.81. The molecule has 0 saturated heterocycles. The van der Waals surface area contributed by atoms with Gasteiger partial charge in [-0.1, -0.05) is 35.4 Å². The van der Waals surface area contributed by atoms with Crippen molar-refractivity contribution in [3.8, 4) is 0 Å². The van der Waals surface area contributed by atoms with Gasteiger partial charge < -0.3 is 9.52 Å². The van der Waals surface area contributed by atoms with Crippen molar-refractivity contribution in [2.45, 2.75) is 25.9 Å². The van der Waals surface area contributed by atoms with E-state index in [4.69, 9.17) is 16.0 Å². The zero-order valence-corrected chi connectivity index (χ0v) is 12.8. The monoisotopic (exact) mass is 300 g/mol. The maximum atomic E-state index is 10.8. The van der Waals surface area contributed by atoms with Crippen LogP contribution in [0.1, 0.15) is 23.8 Å². The van der Waals surface area contributed by atoms with E-state index in [-0.39, 0.29) is 0 Å². The molecule has 3 rings (SSSR count). The molecular weight excluding hydrogens is 284 g/mol. The summed E-state index contributed by atoms with van der Waals surface area (Å²) < 4.78 is 5.81. The summed E-state index contributed by atoms with van der Waals surface area (Å²) in [5.74, 6) is 0.582. The van der Waals surface area contributed by atoms with Crippen LogP contribution in [-0.2, 0) is 12.0 Å². The second-order valence-electron chi connectivity index (χ2n) is 5.73. The highest BCUT2D eigenvalue weighted by Gasteiger charge is 2.27. The number of fused-ring (bicyclic) bond motifs is 1. The molecule has 1 aromatic heterocycles. The fourth-order valence-electron chi connectivity index (χ4n) is 2.52. The van der Waals surface area contributed by atoms with Gasteiger partial charge in [0.2, 0.25) is 0 Å². The van der Waals surface area contributed by atoms with Gasteiger partial charge in [-0.25, -0.2) is 0 Å². The number of benzene rings is 2. The molecule has 0 aliphatic heterocycles. The third-order valence-electron chi connectivity index (χ3n) is 3.66. The average molecular weight is 301 g/mol. The Kier molecular flexibility index (Phi) is 3.52. The zero-order chi connectivity index (χ0) is 15.0. The van der Waals surface area contributed by atoms with Crippen molar-refractivity contribution in [3.63, 3.8) is 0 Å². The molecule has 21 heavy (non-hydrogen) atoms. The molecule has 1 heterocycles. The first-order valence-electron chi connectivity index (χ1n) is 6.91. The van der Waals surface area contributed by atoms with Crippen molar-refractivity contribution < 1.29 is 9.52 Å². The van der Waals surface area contributed by atoms with E-state index in [1.165, 1.54) is 5.56 Å². The normalized spacial score (nSPS) is 14.3. The zero-order valence-electron chi connectivity index (χ0n) is 12.1. The molecule has 2 aromatic carbocycles. The van der Waals surface area contributed by atoms with Gasteiger partial charge in [-0.2, -0.15) is 0 Å². The third kappa shape index (κ3) is 2.97. The predicted octanol–water partition coefficient (Wildman–Crippen LogP) is 4.84. The van der Waals surface area contributed by atoms with Gasteiger partial charge in [0.05, 0.1) is 0 Å². The molecule has 2 nitrogen and oxygen atoms in total. The maximum absolute atomic E-state index is 10.8. The Hall–Kier alpha value is -1.77. The first kappa shape index (κ1) is 14.2. The minimum Gasteiger partial charge on any atom is -0.458 e. The SMILES string of the molecule is Cc1ccc2oc(C(C)(O)Cc3ccc(Cl)cc3)cc2c1. The molecule has 1 N–H and O–H groups in total. The average Bonchev–Trinajstić information content (AvgIpc) is 2.85. The summed E-state index contributed by atoms with van der Waals surface area (Å²) in [5, 5.41) is 12.5. The number of aryl methyl sites for hydroxylation is 1. The molecular formula is C18H17ClO2. The molecule has 0 bridgehead atoms. The van der Waals surface area contributed by atoms with Crippen molar-refractivity contribution in [2.24, 2.45) is 0 Å².